The maximum absolute atomic E-state index is 10.8. The number of hydrogen-bond acceptors (Lipinski definition) is 5. The molecule has 18 heavy (non-hydrogen) atoms. The third-order valence-corrected chi connectivity index (χ3v) is 3.49. The van der Waals surface area contributed by atoms with Gasteiger partial charge in [-0.2, -0.15) is 0 Å². The van der Waals surface area contributed by atoms with E-state index < -0.39 is 16.1 Å². The van der Waals surface area contributed by atoms with E-state index in [0.717, 1.165) is 0 Å². The number of methoxy groups -OCH3 is 1. The SMILES string of the molecule is COc1ccc(CSC(C)C(=O)O)cc1[N+](=O)[O-]. The van der Waals surface area contributed by atoms with Crippen molar-refractivity contribution in [3.8, 4) is 5.75 Å². The Bertz CT molecular complexity index is 463. The van der Waals surface area contributed by atoms with Gasteiger partial charge in [-0.05, 0) is 18.6 Å². The number of benzene rings is 1. The lowest BCUT2D eigenvalue weighted by molar-refractivity contribution is -0.385. The first-order valence-corrected chi connectivity index (χ1v) is 6.16. The molecule has 0 aliphatic heterocycles. The van der Waals surface area contributed by atoms with E-state index >= 15 is 0 Å². The number of nitrogens with zero attached hydrogens (tertiary/aromatic N) is 1. The van der Waals surface area contributed by atoms with Gasteiger partial charge in [-0.1, -0.05) is 6.07 Å². The Morgan fingerprint density at radius 2 is 2.28 bits per heavy atom. The molecule has 0 aromatic heterocycles. The molecule has 1 rings (SSSR count). The maximum atomic E-state index is 10.8. The van der Waals surface area contributed by atoms with Crippen LogP contribution in [0, 0.1) is 10.1 Å². The van der Waals surface area contributed by atoms with Crippen LogP contribution in [0.4, 0.5) is 5.69 Å². The van der Waals surface area contributed by atoms with Crippen LogP contribution in [-0.2, 0) is 10.5 Å². The minimum absolute atomic E-state index is 0.112. The van der Waals surface area contributed by atoms with Gasteiger partial charge in [-0.25, -0.2) is 0 Å². The molecule has 0 amide bonds. The number of carboxylic acid groups (broad SMARTS) is 1. The number of aliphatic carboxylic acids is 1. The van der Waals surface area contributed by atoms with Gasteiger partial charge in [0.15, 0.2) is 5.75 Å². The van der Waals surface area contributed by atoms with Gasteiger partial charge in [0.1, 0.15) is 0 Å². The Morgan fingerprint density at radius 3 is 2.78 bits per heavy atom. The van der Waals surface area contributed by atoms with E-state index in [1.807, 2.05) is 0 Å². The fraction of sp³-hybridized carbons (Fsp3) is 0.364. The van der Waals surface area contributed by atoms with E-state index in [4.69, 9.17) is 9.84 Å². The fourth-order valence-electron chi connectivity index (χ4n) is 1.26. The summed E-state index contributed by atoms with van der Waals surface area (Å²) in [6, 6.07) is 4.60. The summed E-state index contributed by atoms with van der Waals surface area (Å²) >= 11 is 1.21. The predicted molar refractivity (Wildman–Crippen MR) is 68.0 cm³/mol. The first-order valence-electron chi connectivity index (χ1n) is 5.11. The van der Waals surface area contributed by atoms with Crippen molar-refractivity contribution in [3.05, 3.63) is 33.9 Å². The zero-order chi connectivity index (χ0) is 13.7. The van der Waals surface area contributed by atoms with Crippen molar-refractivity contribution < 1.29 is 19.6 Å². The Balaban J connectivity index is 2.82. The summed E-state index contributed by atoms with van der Waals surface area (Å²) in [6.07, 6.45) is 0. The number of hydrogen-bond donors (Lipinski definition) is 1. The van der Waals surface area contributed by atoms with Crippen LogP contribution in [0.15, 0.2) is 18.2 Å². The van der Waals surface area contributed by atoms with Crippen LogP contribution in [0.1, 0.15) is 12.5 Å². The number of nitro groups is 1. The molecular formula is C11H13NO5S. The second kappa shape index (κ2) is 6.25. The van der Waals surface area contributed by atoms with Gasteiger partial charge in [0.05, 0.1) is 17.3 Å². The Morgan fingerprint density at radius 1 is 1.61 bits per heavy atom. The monoisotopic (exact) mass is 271 g/mol. The highest BCUT2D eigenvalue weighted by Crippen LogP contribution is 2.29. The average Bonchev–Trinajstić information content (AvgIpc) is 2.35. The van der Waals surface area contributed by atoms with Gasteiger partial charge in [0.2, 0.25) is 0 Å². The first-order chi connectivity index (χ1) is 8.45. The second-order valence-electron chi connectivity index (χ2n) is 3.55. The number of rotatable bonds is 6. The van der Waals surface area contributed by atoms with Crippen molar-refractivity contribution >= 4 is 23.4 Å². The molecule has 1 aromatic carbocycles. The Kier molecular flexibility index (Phi) is 4.96. The molecule has 0 heterocycles. The van der Waals surface area contributed by atoms with Crippen molar-refractivity contribution in [3.63, 3.8) is 0 Å². The maximum Gasteiger partial charge on any atom is 0.316 e. The molecule has 1 N–H and O–H groups in total. The molecule has 0 aliphatic carbocycles. The summed E-state index contributed by atoms with van der Waals surface area (Å²) in [5.41, 5.74) is 0.583. The molecule has 1 aromatic rings. The normalized spacial score (nSPS) is 11.9. The molecule has 0 fully saturated rings. The van der Waals surface area contributed by atoms with Crippen molar-refractivity contribution in [2.75, 3.05) is 7.11 Å². The molecule has 1 unspecified atom stereocenters. The van der Waals surface area contributed by atoms with E-state index in [0.29, 0.717) is 11.3 Å². The third-order valence-electron chi connectivity index (χ3n) is 2.29. The van der Waals surface area contributed by atoms with Crippen molar-refractivity contribution in [1.82, 2.24) is 0 Å². The molecule has 6 nitrogen and oxygen atoms in total. The van der Waals surface area contributed by atoms with Crippen LogP contribution >= 0.6 is 11.8 Å². The number of thioether (sulfide) groups is 1. The standard InChI is InChI=1S/C11H13NO5S/c1-7(11(13)14)18-6-8-3-4-10(17-2)9(5-8)12(15)16/h3-5,7H,6H2,1-2H3,(H,13,14). The summed E-state index contributed by atoms with van der Waals surface area (Å²) in [4.78, 5) is 20.9. The molecule has 0 saturated carbocycles. The number of carbonyl (C=O) groups is 1. The smallest absolute Gasteiger partial charge is 0.316 e. The van der Waals surface area contributed by atoms with E-state index in [1.54, 1.807) is 13.0 Å². The molecule has 0 radical (unpaired) electrons. The first kappa shape index (κ1) is 14.3. The highest BCUT2D eigenvalue weighted by atomic mass is 32.2. The topological polar surface area (TPSA) is 89.7 Å². The zero-order valence-corrected chi connectivity index (χ0v) is 10.8. The van der Waals surface area contributed by atoms with Gasteiger partial charge in [-0.3, -0.25) is 14.9 Å². The second-order valence-corrected chi connectivity index (χ2v) is 4.88. The van der Waals surface area contributed by atoms with Gasteiger partial charge >= 0.3 is 11.7 Å². The molecule has 0 bridgehead atoms. The summed E-state index contributed by atoms with van der Waals surface area (Å²) in [6.45, 7) is 1.57. The van der Waals surface area contributed by atoms with Gasteiger partial charge in [0.25, 0.3) is 0 Å². The molecule has 1 atom stereocenters. The zero-order valence-electron chi connectivity index (χ0n) is 9.95. The number of nitro benzene ring substituents is 1. The van der Waals surface area contributed by atoms with Crippen molar-refractivity contribution in [1.29, 1.82) is 0 Å². The van der Waals surface area contributed by atoms with E-state index in [-0.39, 0.29) is 11.4 Å². The van der Waals surface area contributed by atoms with Crippen LogP contribution in [0.3, 0.4) is 0 Å². The summed E-state index contributed by atoms with van der Waals surface area (Å²) in [7, 11) is 1.36. The predicted octanol–water partition coefficient (Wildman–Crippen LogP) is 2.31. The molecule has 7 heteroatoms. The molecule has 0 saturated heterocycles. The number of carboxylic acids is 1. The quantitative estimate of drug-likeness (QED) is 0.630. The summed E-state index contributed by atoms with van der Waals surface area (Å²) < 4.78 is 4.88. The highest BCUT2D eigenvalue weighted by molar-refractivity contribution is 7.99. The molecule has 98 valence electrons. The lowest BCUT2D eigenvalue weighted by atomic mass is 10.2. The van der Waals surface area contributed by atoms with Crippen LogP contribution in [-0.4, -0.2) is 28.4 Å². The number of ether oxygens (including phenoxy) is 1. The summed E-state index contributed by atoms with van der Waals surface area (Å²) in [5.74, 6) is -0.304. The van der Waals surface area contributed by atoms with Crippen LogP contribution < -0.4 is 4.74 Å². The third kappa shape index (κ3) is 3.63. The molecule has 0 aliphatic rings. The molecular weight excluding hydrogens is 258 g/mol. The van der Waals surface area contributed by atoms with Gasteiger partial charge in [0, 0.05) is 11.8 Å². The molecule has 0 spiro atoms. The minimum Gasteiger partial charge on any atom is -0.490 e. The van der Waals surface area contributed by atoms with E-state index in [2.05, 4.69) is 0 Å². The van der Waals surface area contributed by atoms with Gasteiger partial charge in [-0.15, -0.1) is 11.8 Å². The largest absolute Gasteiger partial charge is 0.490 e. The summed E-state index contributed by atoms with van der Waals surface area (Å²) in [5, 5.41) is 19.0. The van der Waals surface area contributed by atoms with Crippen LogP contribution in [0.5, 0.6) is 5.75 Å². The average molecular weight is 271 g/mol. The van der Waals surface area contributed by atoms with E-state index in [9.17, 15) is 14.9 Å². The van der Waals surface area contributed by atoms with E-state index in [1.165, 1.54) is 31.0 Å². The van der Waals surface area contributed by atoms with Crippen molar-refractivity contribution in [2.24, 2.45) is 0 Å². The fourth-order valence-corrected chi connectivity index (χ4v) is 2.03. The van der Waals surface area contributed by atoms with Gasteiger partial charge < -0.3 is 9.84 Å². The van der Waals surface area contributed by atoms with Crippen LogP contribution in [0.25, 0.3) is 0 Å². The Labute approximate surface area is 108 Å². The Hall–Kier alpha value is -1.76. The van der Waals surface area contributed by atoms with Crippen molar-refractivity contribution in [2.45, 2.75) is 17.9 Å². The lowest BCUT2D eigenvalue weighted by Crippen LogP contribution is -2.11. The minimum atomic E-state index is -0.900. The highest BCUT2D eigenvalue weighted by Gasteiger charge is 2.16. The lowest BCUT2D eigenvalue weighted by Gasteiger charge is -2.07. The van der Waals surface area contributed by atoms with Crippen LogP contribution in [0.2, 0.25) is 0 Å².